The summed E-state index contributed by atoms with van der Waals surface area (Å²) in [4.78, 5) is 8.47. The lowest BCUT2D eigenvalue weighted by Crippen LogP contribution is -2.27. The van der Waals surface area contributed by atoms with E-state index in [9.17, 15) is 0 Å². The molecule has 4 nitrogen and oxygen atoms in total. The molecule has 0 atom stereocenters. The van der Waals surface area contributed by atoms with Crippen molar-refractivity contribution < 1.29 is 0 Å². The molecule has 0 aliphatic heterocycles. The lowest BCUT2D eigenvalue weighted by molar-refractivity contribution is 0.344. The standard InChI is InChI=1S/C12H16N4/c1-12(5-2-3-6-12)16-10-4-7-14-8-9(10)15-11(16)13/h4,7-8H,2-3,5-6H2,1H3,(H2,13,15). The Hall–Kier alpha value is -1.58. The van der Waals surface area contributed by atoms with Crippen LogP contribution < -0.4 is 5.73 Å². The molecule has 16 heavy (non-hydrogen) atoms. The molecule has 4 heteroatoms. The summed E-state index contributed by atoms with van der Waals surface area (Å²) in [6.45, 7) is 2.28. The van der Waals surface area contributed by atoms with E-state index in [2.05, 4.69) is 21.5 Å². The highest BCUT2D eigenvalue weighted by Crippen LogP contribution is 2.39. The fourth-order valence-electron chi connectivity index (χ4n) is 2.88. The van der Waals surface area contributed by atoms with Crippen molar-refractivity contribution in [1.29, 1.82) is 0 Å². The molecular formula is C12H16N4. The zero-order valence-electron chi connectivity index (χ0n) is 9.48. The minimum atomic E-state index is 0.139. The van der Waals surface area contributed by atoms with E-state index >= 15 is 0 Å². The SMILES string of the molecule is CC1(n2c(N)nc3cnccc32)CCCC1. The first-order valence-corrected chi connectivity index (χ1v) is 5.79. The van der Waals surface area contributed by atoms with Crippen LogP contribution in [-0.2, 0) is 5.54 Å². The number of imidazole rings is 1. The summed E-state index contributed by atoms with van der Waals surface area (Å²) < 4.78 is 2.19. The summed E-state index contributed by atoms with van der Waals surface area (Å²) in [5, 5.41) is 0. The number of fused-ring (bicyclic) bond motifs is 1. The van der Waals surface area contributed by atoms with E-state index in [1.54, 1.807) is 12.4 Å². The number of hydrogen-bond donors (Lipinski definition) is 1. The normalized spacial score (nSPS) is 19.3. The number of aromatic nitrogens is 3. The highest BCUT2D eigenvalue weighted by molar-refractivity contribution is 5.77. The van der Waals surface area contributed by atoms with Crippen molar-refractivity contribution in [2.45, 2.75) is 38.1 Å². The predicted octanol–water partition coefficient (Wildman–Crippen LogP) is 2.30. The Labute approximate surface area is 94.5 Å². The topological polar surface area (TPSA) is 56.7 Å². The van der Waals surface area contributed by atoms with Crippen LogP contribution in [0.3, 0.4) is 0 Å². The Balaban J connectivity index is 2.26. The molecule has 2 aromatic rings. The maximum absolute atomic E-state index is 6.04. The van der Waals surface area contributed by atoms with Crippen molar-refractivity contribution >= 4 is 17.0 Å². The van der Waals surface area contributed by atoms with E-state index in [0.29, 0.717) is 5.95 Å². The third-order valence-corrected chi connectivity index (χ3v) is 3.70. The van der Waals surface area contributed by atoms with Crippen molar-refractivity contribution in [1.82, 2.24) is 14.5 Å². The molecule has 2 N–H and O–H groups in total. The molecule has 0 bridgehead atoms. The van der Waals surface area contributed by atoms with Gasteiger partial charge in [0.2, 0.25) is 5.95 Å². The van der Waals surface area contributed by atoms with Crippen LogP contribution in [0.2, 0.25) is 0 Å². The quantitative estimate of drug-likeness (QED) is 0.795. The maximum Gasteiger partial charge on any atom is 0.201 e. The minimum absolute atomic E-state index is 0.139. The number of rotatable bonds is 1. The van der Waals surface area contributed by atoms with Gasteiger partial charge in [-0.15, -0.1) is 0 Å². The van der Waals surface area contributed by atoms with Gasteiger partial charge in [0, 0.05) is 11.7 Å². The van der Waals surface area contributed by atoms with Gasteiger partial charge >= 0.3 is 0 Å². The zero-order valence-corrected chi connectivity index (χ0v) is 9.48. The monoisotopic (exact) mass is 216 g/mol. The Morgan fingerprint density at radius 3 is 2.88 bits per heavy atom. The molecule has 0 radical (unpaired) electrons. The van der Waals surface area contributed by atoms with Gasteiger partial charge in [-0.25, -0.2) is 4.98 Å². The molecular weight excluding hydrogens is 200 g/mol. The molecule has 0 amide bonds. The lowest BCUT2D eigenvalue weighted by atomic mass is 10.00. The largest absolute Gasteiger partial charge is 0.369 e. The van der Waals surface area contributed by atoms with Crippen molar-refractivity contribution in [2.24, 2.45) is 0 Å². The van der Waals surface area contributed by atoms with Crippen LogP contribution in [0.15, 0.2) is 18.5 Å². The third-order valence-electron chi connectivity index (χ3n) is 3.70. The summed E-state index contributed by atoms with van der Waals surface area (Å²) in [7, 11) is 0. The molecule has 0 saturated heterocycles. The second-order valence-corrected chi connectivity index (χ2v) is 4.87. The molecule has 1 aliphatic rings. The number of anilines is 1. The van der Waals surface area contributed by atoms with Crippen LogP contribution in [0.4, 0.5) is 5.95 Å². The number of nitrogens with two attached hydrogens (primary N) is 1. The third kappa shape index (κ3) is 1.22. The summed E-state index contributed by atoms with van der Waals surface area (Å²) in [5.41, 5.74) is 8.19. The Bertz CT molecular complexity index is 523. The van der Waals surface area contributed by atoms with Gasteiger partial charge in [0.1, 0.15) is 5.52 Å². The fourth-order valence-corrected chi connectivity index (χ4v) is 2.88. The van der Waals surface area contributed by atoms with E-state index in [-0.39, 0.29) is 5.54 Å². The second-order valence-electron chi connectivity index (χ2n) is 4.87. The van der Waals surface area contributed by atoms with Crippen LogP contribution in [-0.4, -0.2) is 14.5 Å². The van der Waals surface area contributed by atoms with E-state index in [1.807, 2.05) is 6.07 Å². The highest BCUT2D eigenvalue weighted by Gasteiger charge is 2.33. The Morgan fingerprint density at radius 1 is 1.38 bits per heavy atom. The minimum Gasteiger partial charge on any atom is -0.369 e. The van der Waals surface area contributed by atoms with Crippen molar-refractivity contribution in [3.05, 3.63) is 18.5 Å². The average molecular weight is 216 g/mol. The van der Waals surface area contributed by atoms with Crippen LogP contribution in [0.25, 0.3) is 11.0 Å². The molecule has 1 aliphatic carbocycles. The molecule has 2 aromatic heterocycles. The summed E-state index contributed by atoms with van der Waals surface area (Å²) in [6, 6.07) is 2.00. The van der Waals surface area contributed by atoms with Crippen LogP contribution in [0.1, 0.15) is 32.6 Å². The number of nitrogen functional groups attached to an aromatic ring is 1. The van der Waals surface area contributed by atoms with Crippen molar-refractivity contribution in [3.63, 3.8) is 0 Å². The number of pyridine rings is 1. The zero-order chi connectivity index (χ0) is 11.2. The Morgan fingerprint density at radius 2 is 2.12 bits per heavy atom. The van der Waals surface area contributed by atoms with Crippen LogP contribution in [0.5, 0.6) is 0 Å². The molecule has 84 valence electrons. The molecule has 1 saturated carbocycles. The van der Waals surface area contributed by atoms with E-state index in [0.717, 1.165) is 11.0 Å². The maximum atomic E-state index is 6.04. The first kappa shape index (κ1) is 9.63. The second kappa shape index (κ2) is 3.20. The highest BCUT2D eigenvalue weighted by atomic mass is 15.2. The van der Waals surface area contributed by atoms with E-state index in [1.165, 1.54) is 25.7 Å². The van der Waals surface area contributed by atoms with E-state index in [4.69, 9.17) is 5.73 Å². The number of nitrogens with zero attached hydrogens (tertiary/aromatic N) is 3. The van der Waals surface area contributed by atoms with Gasteiger partial charge in [-0.05, 0) is 25.8 Å². The van der Waals surface area contributed by atoms with Crippen LogP contribution in [0, 0.1) is 0 Å². The predicted molar refractivity (Wildman–Crippen MR) is 64.1 cm³/mol. The van der Waals surface area contributed by atoms with Gasteiger partial charge in [-0.3, -0.25) is 4.98 Å². The first-order valence-electron chi connectivity index (χ1n) is 5.79. The molecule has 0 aromatic carbocycles. The smallest absolute Gasteiger partial charge is 0.201 e. The molecule has 2 heterocycles. The van der Waals surface area contributed by atoms with Gasteiger partial charge in [0.15, 0.2) is 0 Å². The molecule has 0 unspecified atom stereocenters. The molecule has 1 fully saturated rings. The van der Waals surface area contributed by atoms with Gasteiger partial charge in [0.05, 0.1) is 11.7 Å². The summed E-state index contributed by atoms with van der Waals surface area (Å²) >= 11 is 0. The summed E-state index contributed by atoms with van der Waals surface area (Å²) in [5.74, 6) is 0.618. The van der Waals surface area contributed by atoms with Gasteiger partial charge in [0.25, 0.3) is 0 Å². The number of hydrogen-bond acceptors (Lipinski definition) is 3. The average Bonchev–Trinajstić information content (AvgIpc) is 2.81. The van der Waals surface area contributed by atoms with Crippen LogP contribution >= 0.6 is 0 Å². The van der Waals surface area contributed by atoms with Crippen molar-refractivity contribution in [3.8, 4) is 0 Å². The van der Waals surface area contributed by atoms with Gasteiger partial charge in [-0.1, -0.05) is 12.8 Å². The van der Waals surface area contributed by atoms with Gasteiger partial charge in [-0.2, -0.15) is 0 Å². The lowest BCUT2D eigenvalue weighted by Gasteiger charge is -2.27. The molecule has 3 rings (SSSR count). The van der Waals surface area contributed by atoms with Gasteiger partial charge < -0.3 is 10.3 Å². The Kier molecular flexibility index (Phi) is 1.93. The summed E-state index contributed by atoms with van der Waals surface area (Å²) in [6.07, 6.45) is 8.51. The molecule has 0 spiro atoms. The fraction of sp³-hybridized carbons (Fsp3) is 0.500. The van der Waals surface area contributed by atoms with Crippen molar-refractivity contribution in [2.75, 3.05) is 5.73 Å². The first-order chi connectivity index (χ1) is 7.71. The van der Waals surface area contributed by atoms with E-state index < -0.39 is 0 Å².